The molecule has 1 N–H and O–H groups in total. The van der Waals surface area contributed by atoms with E-state index in [0.717, 1.165) is 0 Å². The highest BCUT2D eigenvalue weighted by atomic mass is 16.2. The first kappa shape index (κ1) is 5.14. The average molecular weight is 85.1 g/mol. The summed E-state index contributed by atoms with van der Waals surface area (Å²) in [6.45, 7) is 0. The molecule has 0 aromatic carbocycles. The van der Waals surface area contributed by atoms with Gasteiger partial charge in [-0.15, -0.1) is 0 Å². The summed E-state index contributed by atoms with van der Waals surface area (Å²) in [4.78, 5) is 18.6. The number of carbonyl (C=O) groups excluding carboxylic acids is 2. The van der Waals surface area contributed by atoms with Crippen molar-refractivity contribution in [2.75, 3.05) is 0 Å². The molecule has 0 rings (SSSR count). The Morgan fingerprint density at radius 3 is 2.33 bits per heavy atom. The van der Waals surface area contributed by atoms with E-state index in [9.17, 15) is 4.79 Å². The van der Waals surface area contributed by atoms with Gasteiger partial charge in [-0.3, -0.25) is 15.3 Å². The molecule has 0 aliphatic heterocycles. The third kappa shape index (κ3) is 3.14. The molecule has 2 radical (unpaired) electrons. The van der Waals surface area contributed by atoms with Crippen LogP contribution in [0.25, 0.3) is 0 Å². The Kier molecular flexibility index (Phi) is 2.04. The fourth-order valence-corrected chi connectivity index (χ4v) is 0.0655. The molecular weight excluding hydrogens is 82.0 g/mol. The second-order valence-corrected chi connectivity index (χ2v) is 0.744. The molecule has 0 saturated carbocycles. The lowest BCUT2D eigenvalue weighted by Crippen LogP contribution is -1.95. The van der Waals surface area contributed by atoms with Crippen molar-refractivity contribution in [1.82, 2.24) is 5.73 Å². The minimum atomic E-state index is -0.884. The van der Waals surface area contributed by atoms with Crippen LogP contribution in [0.3, 0.4) is 0 Å². The van der Waals surface area contributed by atoms with E-state index < -0.39 is 12.3 Å². The summed E-state index contributed by atoms with van der Waals surface area (Å²) in [7, 11) is 0. The van der Waals surface area contributed by atoms with Crippen molar-refractivity contribution in [3.8, 4) is 0 Å². The van der Waals surface area contributed by atoms with Crippen LogP contribution in [-0.2, 0) is 9.59 Å². The minimum Gasteiger partial charge on any atom is -0.290 e. The predicted octanol–water partition coefficient (Wildman–Crippen LogP) is -0.704. The number of hydrogen-bond acceptors (Lipinski definition) is 2. The van der Waals surface area contributed by atoms with Crippen molar-refractivity contribution < 1.29 is 9.59 Å². The van der Waals surface area contributed by atoms with Crippen molar-refractivity contribution in [2.24, 2.45) is 0 Å². The highest BCUT2D eigenvalue weighted by molar-refractivity contribution is 5.86. The van der Waals surface area contributed by atoms with Gasteiger partial charge in [0.05, 0.1) is 6.42 Å². The molecule has 0 aliphatic rings. The third-order valence-electron chi connectivity index (χ3n) is 0.233. The van der Waals surface area contributed by atoms with Gasteiger partial charge >= 0.3 is 0 Å². The van der Waals surface area contributed by atoms with Gasteiger partial charge in [0.15, 0.2) is 0 Å². The zero-order chi connectivity index (χ0) is 4.99. The lowest BCUT2D eigenvalue weighted by Gasteiger charge is -1.69. The fraction of sp³-hybridized carbons (Fsp3) is 0.333. The van der Waals surface area contributed by atoms with Crippen molar-refractivity contribution in [3.05, 3.63) is 0 Å². The summed E-state index contributed by atoms with van der Waals surface area (Å²) < 4.78 is 0. The lowest BCUT2D eigenvalue weighted by molar-refractivity contribution is -0.117. The molecular formula is C3H3NO2. The van der Waals surface area contributed by atoms with E-state index >= 15 is 0 Å². The van der Waals surface area contributed by atoms with Crippen LogP contribution in [0.1, 0.15) is 6.42 Å². The van der Waals surface area contributed by atoms with Gasteiger partial charge in [-0.2, -0.15) is 0 Å². The summed E-state index contributed by atoms with van der Waals surface area (Å²) in [5, 5.41) is 0. The van der Waals surface area contributed by atoms with Crippen LogP contribution in [-0.4, -0.2) is 12.2 Å². The molecule has 0 aromatic heterocycles. The maximum absolute atomic E-state index is 9.45. The number of amides is 1. The Morgan fingerprint density at radius 1 is 1.83 bits per heavy atom. The molecule has 0 heterocycles. The summed E-state index contributed by atoms with van der Waals surface area (Å²) in [6.07, 6.45) is 0.877. The molecule has 0 spiro atoms. The monoisotopic (exact) mass is 85.0 g/mol. The zero-order valence-electron chi connectivity index (χ0n) is 3.02. The molecule has 0 fully saturated rings. The molecule has 0 atom stereocenters. The predicted molar refractivity (Wildman–Crippen MR) is 18.4 cm³/mol. The van der Waals surface area contributed by atoms with Crippen LogP contribution in [0.5, 0.6) is 0 Å². The second kappa shape index (κ2) is 2.38. The number of carbonyl (C=O) groups is 1. The number of rotatable bonds is 2. The van der Waals surface area contributed by atoms with Gasteiger partial charge in [0.1, 0.15) is 0 Å². The molecule has 0 unspecified atom stereocenters. The molecule has 0 saturated heterocycles. The minimum absolute atomic E-state index is 0.403. The van der Waals surface area contributed by atoms with Crippen LogP contribution in [0, 0.1) is 0 Å². The summed E-state index contributed by atoms with van der Waals surface area (Å²) >= 11 is 0. The van der Waals surface area contributed by atoms with Crippen LogP contribution >= 0.6 is 0 Å². The number of hydrogen-bond donors (Lipinski definition) is 0. The topological polar surface area (TPSA) is 57.9 Å². The van der Waals surface area contributed by atoms with Gasteiger partial charge < -0.3 is 0 Å². The Labute approximate surface area is 35.1 Å². The maximum atomic E-state index is 9.45. The molecule has 3 heteroatoms. The Bertz CT molecular complexity index is 69.2. The van der Waals surface area contributed by atoms with Gasteiger partial charge in [-0.25, -0.2) is 0 Å². The molecule has 6 heavy (non-hydrogen) atoms. The van der Waals surface area contributed by atoms with E-state index in [2.05, 4.69) is 0 Å². The van der Waals surface area contributed by atoms with Crippen LogP contribution in [0.4, 0.5) is 0 Å². The normalized spacial score (nSPS) is 7.33. The Morgan fingerprint density at radius 2 is 2.33 bits per heavy atom. The quantitative estimate of drug-likeness (QED) is 0.416. The molecule has 0 aliphatic carbocycles. The van der Waals surface area contributed by atoms with Gasteiger partial charge in [0, 0.05) is 0 Å². The van der Waals surface area contributed by atoms with Crippen molar-refractivity contribution >= 4 is 12.2 Å². The number of nitrogens with one attached hydrogen (secondary N) is 1. The maximum Gasteiger partial charge on any atom is 0.246 e. The van der Waals surface area contributed by atoms with Gasteiger partial charge in [0.25, 0.3) is 0 Å². The van der Waals surface area contributed by atoms with Gasteiger partial charge in [-0.1, -0.05) is 0 Å². The Balaban J connectivity index is 3.05. The molecule has 3 nitrogen and oxygen atoms in total. The van der Waals surface area contributed by atoms with Crippen LogP contribution < -0.4 is 5.73 Å². The van der Waals surface area contributed by atoms with Crippen molar-refractivity contribution in [2.45, 2.75) is 6.42 Å². The van der Waals surface area contributed by atoms with Crippen molar-refractivity contribution in [1.29, 1.82) is 0 Å². The molecule has 0 aromatic rings. The zero-order valence-corrected chi connectivity index (χ0v) is 3.02. The van der Waals surface area contributed by atoms with E-state index in [0.29, 0.717) is 0 Å². The van der Waals surface area contributed by atoms with Crippen LogP contribution in [0.2, 0.25) is 0 Å². The third-order valence-corrected chi connectivity index (χ3v) is 0.233. The lowest BCUT2D eigenvalue weighted by atomic mass is 10.5. The largest absolute Gasteiger partial charge is 0.290 e. The SMILES string of the molecule is [NH]C(=O)C[C]=O. The van der Waals surface area contributed by atoms with Gasteiger partial charge in [-0.05, 0) is 0 Å². The van der Waals surface area contributed by atoms with E-state index in [-0.39, 0.29) is 0 Å². The van der Waals surface area contributed by atoms with E-state index in [1.807, 2.05) is 0 Å². The smallest absolute Gasteiger partial charge is 0.246 e. The van der Waals surface area contributed by atoms with E-state index in [4.69, 9.17) is 10.5 Å². The van der Waals surface area contributed by atoms with Gasteiger partial charge in [0.2, 0.25) is 12.2 Å². The van der Waals surface area contributed by atoms with Crippen LogP contribution in [0.15, 0.2) is 0 Å². The molecule has 1 amide bonds. The first-order valence-electron chi connectivity index (χ1n) is 1.37. The fourth-order valence-electron chi connectivity index (χ4n) is 0.0655. The first-order valence-corrected chi connectivity index (χ1v) is 1.37. The van der Waals surface area contributed by atoms with Crippen molar-refractivity contribution in [3.63, 3.8) is 0 Å². The van der Waals surface area contributed by atoms with E-state index in [1.165, 1.54) is 6.29 Å². The highest BCUT2D eigenvalue weighted by Gasteiger charge is 1.87. The highest BCUT2D eigenvalue weighted by Crippen LogP contribution is 1.63. The summed E-state index contributed by atoms with van der Waals surface area (Å²) in [5.41, 5.74) is 6.08. The van der Waals surface area contributed by atoms with E-state index in [1.54, 1.807) is 0 Å². The second-order valence-electron chi connectivity index (χ2n) is 0.744. The first-order chi connectivity index (χ1) is 2.77. The average Bonchev–Trinajstić information content (AvgIpc) is 1.35. The molecule has 32 valence electrons. The summed E-state index contributed by atoms with van der Waals surface area (Å²) in [6, 6.07) is 0. The standard InChI is InChI=1S/C3H3NO2/c4-3(6)1-2-5/h4H,1H2. The summed E-state index contributed by atoms with van der Waals surface area (Å²) in [5.74, 6) is -0.884. The molecule has 0 bridgehead atoms. The Hall–Kier alpha value is -0.860.